The maximum atomic E-state index is 11.1. The van der Waals surface area contributed by atoms with Crippen LogP contribution in [0.15, 0.2) is 35.7 Å². The van der Waals surface area contributed by atoms with Gasteiger partial charge in [0.05, 0.1) is 41.1 Å². The normalized spacial score (nSPS) is 18.6. The molecule has 3 heterocycles. The summed E-state index contributed by atoms with van der Waals surface area (Å²) in [5.74, 6) is 0.523. The zero-order chi connectivity index (χ0) is 21.8. The predicted molar refractivity (Wildman–Crippen MR) is 121 cm³/mol. The Kier molecular flexibility index (Phi) is 6.64. The lowest BCUT2D eigenvalue weighted by Crippen LogP contribution is -2.42. The smallest absolute Gasteiger partial charge is 0.335 e. The number of nitrogens with zero attached hydrogens (tertiary/aromatic N) is 3. The predicted octanol–water partition coefficient (Wildman–Crippen LogP) is 3.63. The lowest BCUT2D eigenvalue weighted by molar-refractivity contribution is 0.0697. The first-order valence-electron chi connectivity index (χ1n) is 10.2. The van der Waals surface area contributed by atoms with Crippen LogP contribution in [0, 0.1) is 0 Å². The van der Waals surface area contributed by atoms with Crippen molar-refractivity contribution in [3.63, 3.8) is 0 Å². The molecule has 0 aliphatic carbocycles. The van der Waals surface area contributed by atoms with Gasteiger partial charge in [-0.05, 0) is 42.0 Å². The molecule has 1 aromatic carbocycles. The van der Waals surface area contributed by atoms with E-state index >= 15 is 0 Å². The lowest BCUT2D eigenvalue weighted by atomic mass is 10.1. The van der Waals surface area contributed by atoms with E-state index in [1.165, 1.54) is 0 Å². The van der Waals surface area contributed by atoms with E-state index in [1.54, 1.807) is 37.7 Å². The molecule has 1 saturated heterocycles. The summed E-state index contributed by atoms with van der Waals surface area (Å²) in [6, 6.07) is 9.27. The van der Waals surface area contributed by atoms with Gasteiger partial charge in [0.2, 0.25) is 5.95 Å². The molecule has 9 heteroatoms. The lowest BCUT2D eigenvalue weighted by Gasteiger charge is -2.30. The molecule has 0 saturated carbocycles. The molecule has 0 amide bonds. The summed E-state index contributed by atoms with van der Waals surface area (Å²) in [5.41, 5.74) is 2.15. The molecule has 1 aliphatic heterocycles. The van der Waals surface area contributed by atoms with Gasteiger partial charge < -0.3 is 24.8 Å². The summed E-state index contributed by atoms with van der Waals surface area (Å²) in [6.45, 7) is 1.76. The van der Waals surface area contributed by atoms with Gasteiger partial charge in [0.15, 0.2) is 0 Å². The number of nitrogens with one attached hydrogen (secondary N) is 1. The Morgan fingerprint density at radius 2 is 1.81 bits per heavy atom. The standard InChI is InChI=1S/C22H26N4O4S/c1-29-12-16-7-8-17(13-30-2)26(16)22-24-18-9-10-31-19(18)20(25-22)23-11-14-3-5-15(6-4-14)21(27)28/h3-6,9-10,16-17H,7-8,11-13H2,1-2H3,(H,27,28)(H,23,24,25)/t16-,17-/m1/s1. The number of aromatic carboxylic acids is 1. The fraction of sp³-hybridized carbons (Fsp3) is 0.409. The van der Waals surface area contributed by atoms with Crippen LogP contribution in [0.2, 0.25) is 0 Å². The fourth-order valence-electron chi connectivity index (χ4n) is 4.04. The van der Waals surface area contributed by atoms with E-state index < -0.39 is 5.97 Å². The summed E-state index contributed by atoms with van der Waals surface area (Å²) >= 11 is 1.60. The molecule has 1 fully saturated rings. The van der Waals surface area contributed by atoms with Gasteiger partial charge in [0.25, 0.3) is 0 Å². The third kappa shape index (κ3) is 4.63. The Hall–Kier alpha value is -2.75. The van der Waals surface area contributed by atoms with Gasteiger partial charge in [-0.15, -0.1) is 11.3 Å². The van der Waals surface area contributed by atoms with E-state index in [9.17, 15) is 4.79 Å². The molecule has 3 aromatic rings. The number of aromatic nitrogens is 2. The maximum absolute atomic E-state index is 11.1. The number of rotatable bonds is 9. The van der Waals surface area contributed by atoms with E-state index in [0.717, 1.165) is 34.4 Å². The van der Waals surface area contributed by atoms with Crippen LogP contribution in [-0.2, 0) is 16.0 Å². The third-order valence-electron chi connectivity index (χ3n) is 5.52. The highest BCUT2D eigenvalue weighted by atomic mass is 32.1. The number of carbonyl (C=O) groups is 1. The second kappa shape index (κ2) is 9.59. The molecule has 2 atom stereocenters. The van der Waals surface area contributed by atoms with Gasteiger partial charge in [-0.1, -0.05) is 12.1 Å². The van der Waals surface area contributed by atoms with Gasteiger partial charge in [-0.25, -0.2) is 9.78 Å². The minimum Gasteiger partial charge on any atom is -0.478 e. The van der Waals surface area contributed by atoms with E-state index in [1.807, 2.05) is 23.6 Å². The molecule has 1 aliphatic rings. The van der Waals surface area contributed by atoms with Gasteiger partial charge in [-0.2, -0.15) is 4.98 Å². The van der Waals surface area contributed by atoms with Gasteiger partial charge >= 0.3 is 5.97 Å². The minimum absolute atomic E-state index is 0.206. The van der Waals surface area contributed by atoms with E-state index in [4.69, 9.17) is 24.5 Å². The largest absolute Gasteiger partial charge is 0.478 e. The second-order valence-electron chi connectivity index (χ2n) is 7.57. The van der Waals surface area contributed by atoms with Crippen molar-refractivity contribution in [3.05, 3.63) is 46.8 Å². The molecule has 4 rings (SSSR count). The molecule has 0 unspecified atom stereocenters. The molecule has 8 nitrogen and oxygen atoms in total. The number of benzene rings is 1. The van der Waals surface area contributed by atoms with Crippen LogP contribution in [0.25, 0.3) is 10.2 Å². The zero-order valence-corrected chi connectivity index (χ0v) is 18.4. The van der Waals surface area contributed by atoms with Crippen LogP contribution in [0.4, 0.5) is 11.8 Å². The van der Waals surface area contributed by atoms with Crippen molar-refractivity contribution in [1.29, 1.82) is 0 Å². The molecule has 0 spiro atoms. The summed E-state index contributed by atoms with van der Waals surface area (Å²) in [4.78, 5) is 23.0. The summed E-state index contributed by atoms with van der Waals surface area (Å²) in [7, 11) is 3.43. The number of methoxy groups -OCH3 is 2. The van der Waals surface area contributed by atoms with Crippen LogP contribution in [0.1, 0.15) is 28.8 Å². The molecule has 2 N–H and O–H groups in total. The van der Waals surface area contributed by atoms with Crippen LogP contribution >= 0.6 is 11.3 Å². The first-order valence-corrected chi connectivity index (χ1v) is 11.1. The quantitative estimate of drug-likeness (QED) is 0.519. The van der Waals surface area contributed by atoms with Crippen LogP contribution in [-0.4, -0.2) is 60.6 Å². The summed E-state index contributed by atoms with van der Waals surface area (Å²) in [6.07, 6.45) is 2.01. The average molecular weight is 443 g/mol. The van der Waals surface area contributed by atoms with Crippen molar-refractivity contribution in [2.24, 2.45) is 0 Å². The van der Waals surface area contributed by atoms with E-state index in [-0.39, 0.29) is 17.6 Å². The molecular weight excluding hydrogens is 416 g/mol. The number of ether oxygens (including phenoxy) is 2. The molecule has 164 valence electrons. The van der Waals surface area contributed by atoms with Gasteiger partial charge in [0, 0.05) is 20.8 Å². The Morgan fingerprint density at radius 1 is 1.13 bits per heavy atom. The number of hydrogen-bond acceptors (Lipinski definition) is 8. The van der Waals surface area contributed by atoms with E-state index in [0.29, 0.717) is 25.7 Å². The Labute approximate surface area is 184 Å². The highest BCUT2D eigenvalue weighted by molar-refractivity contribution is 7.17. The SMILES string of the molecule is COC[C@H]1CC[C@H](COC)N1c1nc(NCc2ccc(C(=O)O)cc2)c2sccc2n1. The molecule has 0 radical (unpaired) electrons. The Bertz CT molecular complexity index is 1030. The number of carboxylic acid groups (broad SMARTS) is 1. The fourth-order valence-corrected chi connectivity index (χ4v) is 4.83. The van der Waals surface area contributed by atoms with Crippen LogP contribution in [0.3, 0.4) is 0 Å². The molecular formula is C22H26N4O4S. The molecule has 0 bridgehead atoms. The monoisotopic (exact) mass is 442 g/mol. The first kappa shape index (κ1) is 21.5. The zero-order valence-electron chi connectivity index (χ0n) is 17.6. The maximum Gasteiger partial charge on any atom is 0.335 e. The first-order chi connectivity index (χ1) is 15.1. The number of anilines is 2. The van der Waals surface area contributed by atoms with Crippen molar-refractivity contribution in [3.8, 4) is 0 Å². The minimum atomic E-state index is -0.929. The third-order valence-corrected chi connectivity index (χ3v) is 6.43. The Balaban J connectivity index is 1.61. The van der Waals surface area contributed by atoms with Crippen molar-refractivity contribution in [2.75, 3.05) is 37.7 Å². The number of fused-ring (bicyclic) bond motifs is 1. The number of hydrogen-bond donors (Lipinski definition) is 2. The van der Waals surface area contributed by atoms with Crippen LogP contribution in [0.5, 0.6) is 0 Å². The van der Waals surface area contributed by atoms with Gasteiger partial charge in [0.1, 0.15) is 5.82 Å². The summed E-state index contributed by atoms with van der Waals surface area (Å²) < 4.78 is 11.9. The van der Waals surface area contributed by atoms with Gasteiger partial charge in [-0.3, -0.25) is 0 Å². The molecule has 2 aromatic heterocycles. The topological polar surface area (TPSA) is 96.8 Å². The average Bonchev–Trinajstić information content (AvgIpc) is 3.40. The van der Waals surface area contributed by atoms with E-state index in [2.05, 4.69) is 10.2 Å². The van der Waals surface area contributed by atoms with Crippen molar-refractivity contribution >= 4 is 39.3 Å². The van der Waals surface area contributed by atoms with Crippen molar-refractivity contribution in [2.45, 2.75) is 31.5 Å². The highest BCUT2D eigenvalue weighted by Gasteiger charge is 2.35. The number of thiophene rings is 1. The van der Waals surface area contributed by atoms with Crippen LogP contribution < -0.4 is 10.2 Å². The second-order valence-corrected chi connectivity index (χ2v) is 8.48. The summed E-state index contributed by atoms with van der Waals surface area (Å²) in [5, 5.41) is 14.5. The highest BCUT2D eigenvalue weighted by Crippen LogP contribution is 2.33. The number of carboxylic acids is 1. The molecule has 31 heavy (non-hydrogen) atoms. The van der Waals surface area contributed by atoms with Crippen molar-refractivity contribution in [1.82, 2.24) is 9.97 Å². The van der Waals surface area contributed by atoms with Crippen molar-refractivity contribution < 1.29 is 19.4 Å². The Morgan fingerprint density at radius 3 is 2.42 bits per heavy atom.